The number of nitriles is 3. The number of hydrogen-bond acceptors (Lipinski definition) is 7. The molecule has 0 aliphatic carbocycles. The second kappa shape index (κ2) is 17.6. The fraction of sp³-hybridized carbons (Fsp3) is 0.283. The largest absolute Gasteiger partial charge is 0.534 e. The smallest absolute Gasteiger partial charge is 0.432 e. The second-order valence-electron chi connectivity index (χ2n) is 14.8. The van der Waals surface area contributed by atoms with E-state index in [-0.39, 0.29) is 5.04 Å². The van der Waals surface area contributed by atoms with Crippen LogP contribution in [0.25, 0.3) is 18.2 Å². The van der Waals surface area contributed by atoms with E-state index >= 15 is 0 Å². The van der Waals surface area contributed by atoms with Crippen molar-refractivity contribution in [2.24, 2.45) is 0 Å². The van der Waals surface area contributed by atoms with Crippen LogP contribution in [0, 0.1) is 34.0 Å². The summed E-state index contributed by atoms with van der Waals surface area (Å²) in [5.41, 5.74) is -2.66. The van der Waals surface area contributed by atoms with Gasteiger partial charge < -0.3 is 14.1 Å². The third-order valence-corrected chi connectivity index (χ3v) is 15.9. The van der Waals surface area contributed by atoms with Crippen LogP contribution in [0.5, 0.6) is 5.75 Å². The number of rotatable bonds is 13. The average molecular weight is 803 g/mol. The molecule has 11 heteroatoms. The molecular weight excluding hydrogens is 758 g/mol. The zero-order valence-electron chi connectivity index (χ0n) is 32.9. The Morgan fingerprint density at radius 2 is 1.35 bits per heavy atom. The molecule has 292 valence electrons. The van der Waals surface area contributed by atoms with E-state index in [2.05, 4.69) is 106 Å². The van der Waals surface area contributed by atoms with Gasteiger partial charge in [-0.2, -0.15) is 29.0 Å². The Balaban J connectivity index is 1.59. The standard InChI is InChI=1S/C46H45F3N4O2SSi/c1-7-27-53(28-8-2)35-21-19-33(42(29-35)55-57(44(3,4)5,38-15-11-9-12-16-38)39-17-13-10-14-18-39)20-22-36-23-24-37(56-36)25-26-41-40(32-52)43(34(30-50)31-51)54-45(41,6)46(47,48)49/h9-26,29H,7-8,27-28H2,1-6H3/b22-20+,26-25+. The number of halogens is 3. The van der Waals surface area contributed by atoms with Crippen molar-refractivity contribution >= 4 is 53.9 Å². The number of hydrogen-bond donors (Lipinski definition) is 0. The Hall–Kier alpha value is -5.80. The lowest BCUT2D eigenvalue weighted by Crippen LogP contribution is -2.68. The molecule has 57 heavy (non-hydrogen) atoms. The van der Waals surface area contributed by atoms with Gasteiger partial charge in [0.2, 0.25) is 5.60 Å². The predicted octanol–water partition coefficient (Wildman–Crippen LogP) is 11.0. The summed E-state index contributed by atoms with van der Waals surface area (Å²) in [4.78, 5) is 3.84. The van der Waals surface area contributed by atoms with Crippen molar-refractivity contribution < 1.29 is 22.3 Å². The lowest BCUT2D eigenvalue weighted by atomic mass is 9.92. The topological polar surface area (TPSA) is 93.1 Å². The van der Waals surface area contributed by atoms with Gasteiger partial charge in [0.05, 0.1) is 0 Å². The Morgan fingerprint density at radius 1 is 0.807 bits per heavy atom. The number of benzene rings is 3. The molecule has 1 atom stereocenters. The van der Waals surface area contributed by atoms with E-state index in [9.17, 15) is 29.0 Å². The second-order valence-corrected chi connectivity index (χ2v) is 20.2. The highest BCUT2D eigenvalue weighted by Gasteiger charge is 2.60. The minimum absolute atomic E-state index is 0.275. The van der Waals surface area contributed by atoms with Crippen molar-refractivity contribution in [2.75, 3.05) is 18.0 Å². The van der Waals surface area contributed by atoms with Crippen molar-refractivity contribution in [1.29, 1.82) is 15.8 Å². The number of alkyl halides is 3. The Labute approximate surface area is 338 Å². The van der Waals surface area contributed by atoms with E-state index in [1.807, 2.05) is 30.4 Å². The van der Waals surface area contributed by atoms with Crippen LogP contribution in [0.4, 0.5) is 18.9 Å². The highest BCUT2D eigenvalue weighted by atomic mass is 32.1. The van der Waals surface area contributed by atoms with Crippen LogP contribution < -0.4 is 19.7 Å². The first-order valence-electron chi connectivity index (χ1n) is 18.8. The van der Waals surface area contributed by atoms with Crippen LogP contribution in [0.3, 0.4) is 0 Å². The average Bonchev–Trinajstić information content (AvgIpc) is 3.77. The first-order valence-corrected chi connectivity index (χ1v) is 21.5. The summed E-state index contributed by atoms with van der Waals surface area (Å²) < 4.78 is 55.9. The van der Waals surface area contributed by atoms with Crippen molar-refractivity contribution in [3.05, 3.63) is 135 Å². The first kappa shape index (κ1) is 42.3. The highest BCUT2D eigenvalue weighted by Crippen LogP contribution is 2.49. The molecule has 1 aliphatic rings. The Morgan fingerprint density at radius 3 is 1.82 bits per heavy atom. The molecule has 5 rings (SSSR count). The van der Waals surface area contributed by atoms with E-state index < -0.39 is 42.6 Å². The summed E-state index contributed by atoms with van der Waals surface area (Å²) >= 11 is 1.35. The Bertz CT molecular complexity index is 2260. The summed E-state index contributed by atoms with van der Waals surface area (Å²) in [6, 6.07) is 35.7. The van der Waals surface area contributed by atoms with Gasteiger partial charge in [-0.1, -0.05) is 101 Å². The van der Waals surface area contributed by atoms with Crippen LogP contribution in [0.15, 0.2) is 120 Å². The molecule has 0 spiro atoms. The maximum absolute atomic E-state index is 14.4. The minimum atomic E-state index is -4.94. The van der Waals surface area contributed by atoms with Gasteiger partial charge in [0, 0.05) is 45.7 Å². The molecule has 0 saturated carbocycles. The predicted molar refractivity (Wildman–Crippen MR) is 226 cm³/mol. The molecule has 0 amide bonds. The fourth-order valence-corrected chi connectivity index (χ4v) is 12.3. The van der Waals surface area contributed by atoms with Crippen molar-refractivity contribution in [1.82, 2.24) is 0 Å². The van der Waals surface area contributed by atoms with Gasteiger partial charge in [-0.15, -0.1) is 11.3 Å². The van der Waals surface area contributed by atoms with Crippen LogP contribution in [0.1, 0.15) is 69.7 Å². The van der Waals surface area contributed by atoms with E-state index in [1.165, 1.54) is 35.6 Å². The monoisotopic (exact) mass is 802 g/mol. The van der Waals surface area contributed by atoms with Gasteiger partial charge in [-0.05, 0) is 77.7 Å². The zero-order chi connectivity index (χ0) is 41.4. The van der Waals surface area contributed by atoms with Gasteiger partial charge in [-0.3, -0.25) is 0 Å². The van der Waals surface area contributed by atoms with Crippen LogP contribution >= 0.6 is 11.3 Å². The number of ether oxygens (including phenoxy) is 1. The molecule has 2 heterocycles. The maximum atomic E-state index is 14.4. The quantitative estimate of drug-likeness (QED) is 0.0987. The zero-order valence-corrected chi connectivity index (χ0v) is 34.8. The van der Waals surface area contributed by atoms with Gasteiger partial charge in [-0.25, -0.2) is 0 Å². The van der Waals surface area contributed by atoms with Crippen molar-refractivity contribution in [2.45, 2.75) is 71.2 Å². The normalized spacial score (nSPS) is 16.0. The summed E-state index contributed by atoms with van der Waals surface area (Å²) in [5, 5.41) is 30.5. The van der Waals surface area contributed by atoms with Crippen LogP contribution in [0.2, 0.25) is 5.04 Å². The SMILES string of the molecule is CCCN(CCC)c1ccc(/C=C/c2ccc(/C=C/C3=C(C#N)C(=C(C#N)C#N)OC3(C)C(F)(F)F)s2)c(O[Si](c2ccccc2)(c2ccccc2)C(C)(C)C)c1. The van der Waals surface area contributed by atoms with Gasteiger partial charge in [0.1, 0.15) is 29.5 Å². The summed E-state index contributed by atoms with van der Waals surface area (Å²) in [6.45, 7) is 13.7. The molecule has 1 unspecified atom stereocenters. The van der Waals surface area contributed by atoms with E-state index in [1.54, 1.807) is 12.1 Å². The van der Waals surface area contributed by atoms with E-state index in [4.69, 9.17) is 9.16 Å². The third kappa shape index (κ3) is 8.64. The number of thiophene rings is 1. The molecule has 0 saturated heterocycles. The molecule has 4 aromatic rings. The number of anilines is 1. The number of nitrogens with zero attached hydrogens (tertiary/aromatic N) is 4. The van der Waals surface area contributed by atoms with Crippen LogP contribution in [-0.4, -0.2) is 33.2 Å². The highest BCUT2D eigenvalue weighted by molar-refractivity contribution is 7.13. The number of allylic oxidation sites excluding steroid dienone is 2. The van der Waals surface area contributed by atoms with Crippen LogP contribution in [-0.2, 0) is 4.74 Å². The Kier molecular flexibility index (Phi) is 13.0. The molecule has 0 radical (unpaired) electrons. The van der Waals surface area contributed by atoms with E-state index in [0.29, 0.717) is 4.88 Å². The molecule has 3 aromatic carbocycles. The van der Waals surface area contributed by atoms with E-state index in [0.717, 1.165) is 65.1 Å². The van der Waals surface area contributed by atoms with Gasteiger partial charge in [0.15, 0.2) is 11.3 Å². The summed E-state index contributed by atoms with van der Waals surface area (Å²) in [6.07, 6.45) is 3.67. The molecule has 0 fully saturated rings. The molecule has 1 aromatic heterocycles. The molecular formula is C46H45F3N4O2SSi. The lowest BCUT2D eigenvalue weighted by molar-refractivity contribution is -0.236. The van der Waals surface area contributed by atoms with Gasteiger partial charge >= 0.3 is 14.5 Å². The summed E-state index contributed by atoms with van der Waals surface area (Å²) in [7, 11) is -3.01. The lowest BCUT2D eigenvalue weighted by Gasteiger charge is -2.43. The molecule has 0 N–H and O–H groups in total. The maximum Gasteiger partial charge on any atom is 0.432 e. The third-order valence-electron chi connectivity index (χ3n) is 9.94. The molecule has 1 aliphatic heterocycles. The molecule has 6 nitrogen and oxygen atoms in total. The summed E-state index contributed by atoms with van der Waals surface area (Å²) in [5.74, 6) is 0.0833. The van der Waals surface area contributed by atoms with Crippen molar-refractivity contribution in [3.63, 3.8) is 0 Å². The minimum Gasteiger partial charge on any atom is -0.534 e. The van der Waals surface area contributed by atoms with Gasteiger partial charge in [0.25, 0.3) is 0 Å². The van der Waals surface area contributed by atoms with Crippen molar-refractivity contribution in [3.8, 4) is 24.0 Å². The molecule has 0 bridgehead atoms. The first-order chi connectivity index (χ1) is 27.2. The fourth-order valence-electron chi connectivity index (χ4n) is 7.09.